The zero-order chi connectivity index (χ0) is 15.1. The standard InChI is InChI=1S/C14H16Cl2N2O2/c1-9(2)18-14(20)8-17-13(19)7-6-10-11(15)4-3-5-12(10)16/h3-7,9H,8H2,1-2H3,(H,17,19)(H,18,20)/b7-6+. The van der Waals surface area contributed by atoms with Crippen LogP contribution in [0.25, 0.3) is 6.08 Å². The van der Waals surface area contributed by atoms with Crippen molar-refractivity contribution in [1.29, 1.82) is 0 Å². The number of hydrogen-bond acceptors (Lipinski definition) is 2. The van der Waals surface area contributed by atoms with Gasteiger partial charge in [0.15, 0.2) is 0 Å². The van der Waals surface area contributed by atoms with E-state index < -0.39 is 0 Å². The van der Waals surface area contributed by atoms with Crippen molar-refractivity contribution in [2.24, 2.45) is 0 Å². The molecule has 4 nitrogen and oxygen atoms in total. The molecule has 0 bridgehead atoms. The normalized spacial score (nSPS) is 10.8. The maximum absolute atomic E-state index is 11.6. The Hall–Kier alpha value is -1.52. The summed E-state index contributed by atoms with van der Waals surface area (Å²) in [7, 11) is 0. The molecule has 0 aliphatic rings. The van der Waals surface area contributed by atoms with E-state index in [2.05, 4.69) is 10.6 Å². The third-order valence-corrected chi connectivity index (χ3v) is 2.93. The van der Waals surface area contributed by atoms with E-state index in [-0.39, 0.29) is 24.4 Å². The van der Waals surface area contributed by atoms with Gasteiger partial charge in [0.05, 0.1) is 6.54 Å². The first-order valence-corrected chi connectivity index (χ1v) is 6.85. The number of rotatable bonds is 5. The summed E-state index contributed by atoms with van der Waals surface area (Å²) in [6.45, 7) is 3.62. The molecule has 0 radical (unpaired) electrons. The molecule has 108 valence electrons. The fourth-order valence-corrected chi connectivity index (χ4v) is 1.95. The maximum atomic E-state index is 11.6. The van der Waals surface area contributed by atoms with Crippen LogP contribution in [0.2, 0.25) is 10.0 Å². The Morgan fingerprint density at radius 3 is 2.40 bits per heavy atom. The highest BCUT2D eigenvalue weighted by atomic mass is 35.5. The Labute approximate surface area is 128 Å². The van der Waals surface area contributed by atoms with Crippen LogP contribution in [0.5, 0.6) is 0 Å². The highest BCUT2D eigenvalue weighted by molar-refractivity contribution is 6.37. The molecular formula is C14H16Cl2N2O2. The number of carbonyl (C=O) groups is 2. The second-order valence-electron chi connectivity index (χ2n) is 4.41. The molecule has 20 heavy (non-hydrogen) atoms. The summed E-state index contributed by atoms with van der Waals surface area (Å²) in [5.41, 5.74) is 0.567. The van der Waals surface area contributed by atoms with E-state index in [1.165, 1.54) is 12.2 Å². The summed E-state index contributed by atoms with van der Waals surface area (Å²) in [5, 5.41) is 6.06. The van der Waals surface area contributed by atoms with Crippen molar-refractivity contribution in [3.63, 3.8) is 0 Å². The number of amides is 2. The lowest BCUT2D eigenvalue weighted by Gasteiger charge is -2.08. The van der Waals surface area contributed by atoms with Gasteiger partial charge in [-0.05, 0) is 32.1 Å². The number of benzene rings is 1. The van der Waals surface area contributed by atoms with Crippen molar-refractivity contribution in [3.05, 3.63) is 39.9 Å². The van der Waals surface area contributed by atoms with Crippen LogP contribution in [-0.4, -0.2) is 24.4 Å². The van der Waals surface area contributed by atoms with Crippen LogP contribution in [0.4, 0.5) is 0 Å². The van der Waals surface area contributed by atoms with Crippen molar-refractivity contribution < 1.29 is 9.59 Å². The second-order valence-corrected chi connectivity index (χ2v) is 5.22. The lowest BCUT2D eigenvalue weighted by molar-refractivity contribution is -0.124. The summed E-state index contributed by atoms with van der Waals surface area (Å²) >= 11 is 11.9. The largest absolute Gasteiger partial charge is 0.352 e. The van der Waals surface area contributed by atoms with Gasteiger partial charge >= 0.3 is 0 Å². The van der Waals surface area contributed by atoms with Crippen molar-refractivity contribution in [2.45, 2.75) is 19.9 Å². The Morgan fingerprint density at radius 1 is 1.25 bits per heavy atom. The number of hydrogen-bond donors (Lipinski definition) is 2. The van der Waals surface area contributed by atoms with E-state index in [0.29, 0.717) is 15.6 Å². The SMILES string of the molecule is CC(C)NC(=O)CNC(=O)/C=C/c1c(Cl)cccc1Cl. The molecule has 2 amide bonds. The van der Waals surface area contributed by atoms with Gasteiger partial charge in [0.25, 0.3) is 0 Å². The summed E-state index contributed by atoms with van der Waals surface area (Å²) < 4.78 is 0. The first-order chi connectivity index (χ1) is 9.40. The Morgan fingerprint density at radius 2 is 1.85 bits per heavy atom. The van der Waals surface area contributed by atoms with Crippen LogP contribution in [0, 0.1) is 0 Å². The van der Waals surface area contributed by atoms with Gasteiger partial charge in [0, 0.05) is 27.7 Å². The van der Waals surface area contributed by atoms with Crippen LogP contribution >= 0.6 is 23.2 Å². The van der Waals surface area contributed by atoms with Crippen molar-refractivity contribution in [3.8, 4) is 0 Å². The van der Waals surface area contributed by atoms with E-state index in [4.69, 9.17) is 23.2 Å². The molecule has 0 spiro atoms. The van der Waals surface area contributed by atoms with Gasteiger partial charge in [-0.1, -0.05) is 29.3 Å². The van der Waals surface area contributed by atoms with Gasteiger partial charge in [-0.15, -0.1) is 0 Å². The number of carbonyl (C=O) groups excluding carboxylic acids is 2. The quantitative estimate of drug-likeness (QED) is 0.821. The molecule has 0 saturated heterocycles. The minimum Gasteiger partial charge on any atom is -0.352 e. The molecule has 0 unspecified atom stereocenters. The highest BCUT2D eigenvalue weighted by Crippen LogP contribution is 2.25. The van der Waals surface area contributed by atoms with Crippen molar-refractivity contribution in [1.82, 2.24) is 10.6 Å². The van der Waals surface area contributed by atoms with E-state index in [1.807, 2.05) is 13.8 Å². The molecule has 1 aromatic rings. The van der Waals surface area contributed by atoms with Gasteiger partial charge in [0.2, 0.25) is 11.8 Å². The summed E-state index contributed by atoms with van der Waals surface area (Å²) in [6.07, 6.45) is 2.80. The summed E-state index contributed by atoms with van der Waals surface area (Å²) in [4.78, 5) is 22.9. The van der Waals surface area contributed by atoms with Crippen molar-refractivity contribution >= 4 is 41.1 Å². The average Bonchev–Trinajstić information content (AvgIpc) is 2.35. The maximum Gasteiger partial charge on any atom is 0.244 e. The van der Waals surface area contributed by atoms with Crippen LogP contribution in [0.15, 0.2) is 24.3 Å². The first-order valence-electron chi connectivity index (χ1n) is 6.09. The predicted molar refractivity (Wildman–Crippen MR) is 81.8 cm³/mol. The fraction of sp³-hybridized carbons (Fsp3) is 0.286. The zero-order valence-electron chi connectivity index (χ0n) is 11.2. The van der Waals surface area contributed by atoms with E-state index in [1.54, 1.807) is 18.2 Å². The second kappa shape index (κ2) is 7.92. The lowest BCUT2D eigenvalue weighted by atomic mass is 10.2. The molecule has 0 aliphatic carbocycles. The summed E-state index contributed by atoms with van der Waals surface area (Å²) in [5.74, 6) is -0.627. The molecule has 0 aromatic heterocycles. The first kappa shape index (κ1) is 16.5. The Bertz CT molecular complexity index is 508. The third kappa shape index (κ3) is 5.63. The number of halogens is 2. The average molecular weight is 315 g/mol. The van der Waals surface area contributed by atoms with E-state index in [0.717, 1.165) is 0 Å². The highest BCUT2D eigenvalue weighted by Gasteiger charge is 2.05. The number of nitrogens with one attached hydrogen (secondary N) is 2. The third-order valence-electron chi connectivity index (χ3n) is 2.27. The van der Waals surface area contributed by atoms with Crippen LogP contribution in [0.1, 0.15) is 19.4 Å². The van der Waals surface area contributed by atoms with Gasteiger partial charge in [-0.2, -0.15) is 0 Å². The minimum absolute atomic E-state index is 0.0388. The van der Waals surface area contributed by atoms with Gasteiger partial charge in [-0.3, -0.25) is 9.59 Å². The topological polar surface area (TPSA) is 58.2 Å². The van der Waals surface area contributed by atoms with Crippen LogP contribution in [-0.2, 0) is 9.59 Å². The molecular weight excluding hydrogens is 299 g/mol. The molecule has 0 fully saturated rings. The summed E-state index contributed by atoms with van der Waals surface area (Å²) in [6, 6.07) is 5.12. The van der Waals surface area contributed by atoms with Crippen molar-refractivity contribution in [2.75, 3.05) is 6.54 Å². The zero-order valence-corrected chi connectivity index (χ0v) is 12.8. The molecule has 0 aliphatic heterocycles. The lowest BCUT2D eigenvalue weighted by Crippen LogP contribution is -2.39. The minimum atomic E-state index is -0.389. The molecule has 2 N–H and O–H groups in total. The van der Waals surface area contributed by atoms with E-state index in [9.17, 15) is 9.59 Å². The van der Waals surface area contributed by atoms with Gasteiger partial charge in [-0.25, -0.2) is 0 Å². The molecule has 0 atom stereocenters. The van der Waals surface area contributed by atoms with Gasteiger partial charge in [0.1, 0.15) is 0 Å². The van der Waals surface area contributed by atoms with Gasteiger partial charge < -0.3 is 10.6 Å². The smallest absolute Gasteiger partial charge is 0.244 e. The van der Waals surface area contributed by atoms with Crippen LogP contribution in [0.3, 0.4) is 0 Å². The molecule has 1 rings (SSSR count). The fourth-order valence-electron chi connectivity index (χ4n) is 1.43. The van der Waals surface area contributed by atoms with Crippen LogP contribution < -0.4 is 10.6 Å². The van der Waals surface area contributed by atoms with E-state index >= 15 is 0 Å². The molecule has 1 aromatic carbocycles. The predicted octanol–water partition coefficient (Wildman–Crippen LogP) is 2.65. The Balaban J connectivity index is 2.54. The molecule has 0 heterocycles. The Kier molecular flexibility index (Phi) is 6.55. The monoisotopic (exact) mass is 314 g/mol. The molecule has 6 heteroatoms. The molecule has 0 saturated carbocycles.